The van der Waals surface area contributed by atoms with E-state index in [4.69, 9.17) is 14.6 Å². The fourth-order valence-electron chi connectivity index (χ4n) is 3.00. The lowest BCUT2D eigenvalue weighted by Gasteiger charge is -2.30. The molecule has 1 N–H and O–H groups in total. The molecule has 2 aliphatic heterocycles. The lowest BCUT2D eigenvalue weighted by Crippen LogP contribution is -2.40. The predicted octanol–water partition coefficient (Wildman–Crippen LogP) is -0.507. The Morgan fingerprint density at radius 3 is 2.04 bits per heavy atom. The van der Waals surface area contributed by atoms with Gasteiger partial charge in [0.15, 0.2) is 5.82 Å². The molecule has 0 aromatic carbocycles. The number of morpholine rings is 2. The molecule has 0 aliphatic carbocycles. The molecule has 4 heterocycles. The summed E-state index contributed by atoms with van der Waals surface area (Å²) < 4.78 is 12.2. The van der Waals surface area contributed by atoms with Crippen molar-refractivity contribution in [3.63, 3.8) is 0 Å². The van der Waals surface area contributed by atoms with Crippen LogP contribution in [0.2, 0.25) is 0 Å². The lowest BCUT2D eigenvalue weighted by molar-refractivity contribution is -0.137. The normalized spacial score (nSPS) is 17.9. The van der Waals surface area contributed by atoms with Gasteiger partial charge in [0.1, 0.15) is 6.54 Å². The van der Waals surface area contributed by atoms with Crippen LogP contribution in [0.3, 0.4) is 0 Å². The number of carboxylic acids is 1. The molecule has 0 bridgehead atoms. The molecule has 0 unspecified atom stereocenters. The standard InChI is InChI=1S/C16H21N7O4/c24-13(25)11-23-10-12(9-17-23)14-18-15(21-1-5-26-6-2-21)20-16(19-14)22-3-7-27-8-4-22/h9-10H,1-8,11H2,(H,24,25). The van der Waals surface area contributed by atoms with Crippen molar-refractivity contribution < 1.29 is 19.4 Å². The minimum Gasteiger partial charge on any atom is -0.480 e. The van der Waals surface area contributed by atoms with Crippen LogP contribution in [-0.2, 0) is 20.8 Å². The van der Waals surface area contributed by atoms with E-state index in [-0.39, 0.29) is 6.54 Å². The van der Waals surface area contributed by atoms with Crippen LogP contribution in [0.1, 0.15) is 0 Å². The van der Waals surface area contributed by atoms with E-state index in [1.807, 2.05) is 0 Å². The van der Waals surface area contributed by atoms with Gasteiger partial charge in [-0.15, -0.1) is 0 Å². The summed E-state index contributed by atoms with van der Waals surface area (Å²) in [5, 5.41) is 13.0. The first-order valence-electron chi connectivity index (χ1n) is 8.85. The van der Waals surface area contributed by atoms with Crippen molar-refractivity contribution in [3.8, 4) is 11.4 Å². The summed E-state index contributed by atoms with van der Waals surface area (Å²) in [5.74, 6) is 0.708. The van der Waals surface area contributed by atoms with Gasteiger partial charge >= 0.3 is 5.97 Å². The van der Waals surface area contributed by atoms with Gasteiger partial charge in [0.2, 0.25) is 11.9 Å². The summed E-state index contributed by atoms with van der Waals surface area (Å²) in [6.45, 7) is 5.16. The van der Waals surface area contributed by atoms with Crippen LogP contribution in [0.5, 0.6) is 0 Å². The third-order valence-corrected chi connectivity index (χ3v) is 4.39. The number of hydrogen-bond donors (Lipinski definition) is 1. The largest absolute Gasteiger partial charge is 0.480 e. The smallest absolute Gasteiger partial charge is 0.325 e. The first kappa shape index (κ1) is 17.6. The Balaban J connectivity index is 1.68. The van der Waals surface area contributed by atoms with Gasteiger partial charge in [-0.3, -0.25) is 9.48 Å². The van der Waals surface area contributed by atoms with Crippen molar-refractivity contribution in [2.45, 2.75) is 6.54 Å². The SMILES string of the molecule is O=C(O)Cn1cc(-c2nc(N3CCOCC3)nc(N3CCOCC3)n2)cn1. The van der Waals surface area contributed by atoms with E-state index >= 15 is 0 Å². The first-order chi connectivity index (χ1) is 13.2. The van der Waals surface area contributed by atoms with Gasteiger partial charge in [-0.05, 0) is 0 Å². The predicted molar refractivity (Wildman–Crippen MR) is 94.7 cm³/mol. The van der Waals surface area contributed by atoms with E-state index in [0.717, 1.165) is 0 Å². The highest BCUT2D eigenvalue weighted by atomic mass is 16.5. The Bertz CT molecular complexity index is 764. The average molecular weight is 375 g/mol. The minimum atomic E-state index is -0.955. The van der Waals surface area contributed by atoms with Gasteiger partial charge in [-0.25, -0.2) is 0 Å². The van der Waals surface area contributed by atoms with Crippen molar-refractivity contribution in [2.75, 3.05) is 62.4 Å². The van der Waals surface area contributed by atoms with Crippen LogP contribution in [-0.4, -0.2) is 88.4 Å². The fraction of sp³-hybridized carbons (Fsp3) is 0.562. The van der Waals surface area contributed by atoms with Gasteiger partial charge in [-0.2, -0.15) is 20.1 Å². The Hall–Kier alpha value is -2.79. The van der Waals surface area contributed by atoms with E-state index < -0.39 is 5.97 Å². The number of anilines is 2. The summed E-state index contributed by atoms with van der Waals surface area (Å²) in [6.07, 6.45) is 3.21. The van der Waals surface area contributed by atoms with Crippen molar-refractivity contribution >= 4 is 17.9 Å². The maximum Gasteiger partial charge on any atom is 0.325 e. The van der Waals surface area contributed by atoms with Crippen LogP contribution in [0.25, 0.3) is 11.4 Å². The topological polar surface area (TPSA) is 119 Å². The third-order valence-electron chi connectivity index (χ3n) is 4.39. The molecule has 0 radical (unpaired) electrons. The highest BCUT2D eigenvalue weighted by Gasteiger charge is 2.21. The second-order valence-corrected chi connectivity index (χ2v) is 6.28. The molecule has 27 heavy (non-hydrogen) atoms. The third kappa shape index (κ3) is 4.14. The number of hydrogen-bond acceptors (Lipinski definition) is 9. The summed E-state index contributed by atoms with van der Waals surface area (Å²) in [7, 11) is 0. The zero-order valence-electron chi connectivity index (χ0n) is 14.8. The van der Waals surface area contributed by atoms with E-state index in [0.29, 0.717) is 75.9 Å². The molecular formula is C16H21N7O4. The minimum absolute atomic E-state index is 0.211. The Labute approximate surface area is 155 Å². The summed E-state index contributed by atoms with van der Waals surface area (Å²) in [6, 6.07) is 0. The molecule has 2 aliphatic rings. The van der Waals surface area contributed by atoms with Gasteiger partial charge in [-0.1, -0.05) is 0 Å². The quantitative estimate of drug-likeness (QED) is 0.732. The molecule has 11 heteroatoms. The van der Waals surface area contributed by atoms with Crippen molar-refractivity contribution in [1.29, 1.82) is 0 Å². The van der Waals surface area contributed by atoms with Gasteiger partial charge in [0, 0.05) is 32.4 Å². The Morgan fingerprint density at radius 2 is 1.52 bits per heavy atom. The van der Waals surface area contributed by atoms with Crippen LogP contribution in [0.4, 0.5) is 11.9 Å². The highest BCUT2D eigenvalue weighted by molar-refractivity contribution is 5.66. The van der Waals surface area contributed by atoms with E-state index in [1.165, 1.54) is 4.68 Å². The van der Waals surface area contributed by atoms with Gasteiger partial charge in [0.05, 0.1) is 38.2 Å². The molecule has 2 aromatic heterocycles. The Morgan fingerprint density at radius 1 is 0.963 bits per heavy atom. The molecule has 11 nitrogen and oxygen atoms in total. The number of carbonyl (C=O) groups is 1. The number of rotatable bonds is 5. The number of nitrogens with zero attached hydrogens (tertiary/aromatic N) is 7. The van der Waals surface area contributed by atoms with Gasteiger partial charge < -0.3 is 24.4 Å². The monoisotopic (exact) mass is 375 g/mol. The molecule has 2 fully saturated rings. The number of carboxylic acid groups (broad SMARTS) is 1. The fourth-order valence-corrected chi connectivity index (χ4v) is 3.00. The maximum atomic E-state index is 10.9. The van der Waals surface area contributed by atoms with E-state index in [1.54, 1.807) is 12.4 Å². The molecule has 2 aromatic rings. The highest BCUT2D eigenvalue weighted by Crippen LogP contribution is 2.22. The summed E-state index contributed by atoms with van der Waals surface area (Å²) in [5.41, 5.74) is 0.655. The second-order valence-electron chi connectivity index (χ2n) is 6.28. The van der Waals surface area contributed by atoms with Crippen LogP contribution < -0.4 is 9.80 Å². The van der Waals surface area contributed by atoms with E-state index in [9.17, 15) is 4.79 Å². The lowest BCUT2D eigenvalue weighted by atomic mass is 10.3. The van der Waals surface area contributed by atoms with E-state index in [2.05, 4.69) is 29.9 Å². The van der Waals surface area contributed by atoms with Gasteiger partial charge in [0.25, 0.3) is 0 Å². The van der Waals surface area contributed by atoms with Crippen LogP contribution >= 0.6 is 0 Å². The van der Waals surface area contributed by atoms with Crippen LogP contribution in [0, 0.1) is 0 Å². The molecule has 0 amide bonds. The molecule has 0 atom stereocenters. The molecule has 4 rings (SSSR count). The van der Waals surface area contributed by atoms with Crippen molar-refractivity contribution in [1.82, 2.24) is 24.7 Å². The number of ether oxygens (including phenoxy) is 2. The number of aromatic nitrogens is 5. The summed E-state index contributed by atoms with van der Waals surface area (Å²) in [4.78, 5) is 28.9. The second kappa shape index (κ2) is 7.84. The Kier molecular flexibility index (Phi) is 5.12. The average Bonchev–Trinajstić information content (AvgIpc) is 3.17. The zero-order chi connectivity index (χ0) is 18.6. The van der Waals surface area contributed by atoms with Crippen molar-refractivity contribution in [2.24, 2.45) is 0 Å². The first-order valence-corrected chi connectivity index (χ1v) is 8.85. The van der Waals surface area contributed by atoms with Crippen LogP contribution in [0.15, 0.2) is 12.4 Å². The maximum absolute atomic E-state index is 10.9. The molecule has 144 valence electrons. The molecule has 2 saturated heterocycles. The summed E-state index contributed by atoms with van der Waals surface area (Å²) >= 11 is 0. The molecular weight excluding hydrogens is 354 g/mol. The zero-order valence-corrected chi connectivity index (χ0v) is 14.8. The van der Waals surface area contributed by atoms with Crippen molar-refractivity contribution in [3.05, 3.63) is 12.4 Å². The number of aliphatic carboxylic acids is 1. The molecule has 0 saturated carbocycles. The molecule has 0 spiro atoms.